The van der Waals surface area contributed by atoms with Gasteiger partial charge in [-0.15, -0.1) is 0 Å². The summed E-state index contributed by atoms with van der Waals surface area (Å²) >= 11 is 0. The average Bonchev–Trinajstić information content (AvgIpc) is 2.72. The van der Waals surface area contributed by atoms with E-state index in [2.05, 4.69) is 5.32 Å². The molecule has 2 heterocycles. The van der Waals surface area contributed by atoms with Crippen LogP contribution in [0.5, 0.6) is 0 Å². The van der Waals surface area contributed by atoms with E-state index in [0.29, 0.717) is 22.3 Å². The van der Waals surface area contributed by atoms with Gasteiger partial charge in [0.1, 0.15) is 17.7 Å². The summed E-state index contributed by atoms with van der Waals surface area (Å²) < 4.78 is 5.42. The Kier molecular flexibility index (Phi) is 3.52. The number of hydrogen-bond donors (Lipinski definition) is 1. The maximum atomic E-state index is 13.2. The van der Waals surface area contributed by atoms with Gasteiger partial charge in [-0.2, -0.15) is 0 Å². The van der Waals surface area contributed by atoms with Crippen LogP contribution >= 0.6 is 0 Å². The molecule has 28 heavy (non-hydrogen) atoms. The van der Waals surface area contributed by atoms with Gasteiger partial charge in [-0.1, -0.05) is 42.5 Å². The van der Waals surface area contributed by atoms with Gasteiger partial charge in [0.15, 0.2) is 0 Å². The van der Waals surface area contributed by atoms with Gasteiger partial charge in [0.05, 0.1) is 11.4 Å². The number of anilines is 2. The molecule has 0 bridgehead atoms. The average molecular weight is 370 g/mol. The zero-order valence-corrected chi connectivity index (χ0v) is 14.6. The van der Waals surface area contributed by atoms with E-state index in [1.165, 1.54) is 4.90 Å². The molecule has 6 heteroatoms. The van der Waals surface area contributed by atoms with Crippen LogP contribution in [-0.2, 0) is 4.79 Å². The quantitative estimate of drug-likeness (QED) is 0.410. The highest BCUT2D eigenvalue weighted by molar-refractivity contribution is 6.16. The van der Waals surface area contributed by atoms with E-state index >= 15 is 0 Å². The predicted molar refractivity (Wildman–Crippen MR) is 107 cm³/mol. The van der Waals surface area contributed by atoms with Crippen LogP contribution < -0.4 is 15.8 Å². The van der Waals surface area contributed by atoms with Crippen molar-refractivity contribution >= 4 is 44.9 Å². The molecule has 1 N–H and O–H groups in total. The molecule has 0 saturated heterocycles. The number of benzene rings is 3. The summed E-state index contributed by atoms with van der Waals surface area (Å²) in [7, 11) is 0. The minimum Gasteiger partial charge on any atom is -0.422 e. The van der Waals surface area contributed by atoms with Crippen LogP contribution in [0.15, 0.2) is 75.9 Å². The molecule has 1 aliphatic heterocycles. The van der Waals surface area contributed by atoms with Gasteiger partial charge in [0.25, 0.3) is 5.91 Å². The first-order valence-electron chi connectivity index (χ1n) is 8.78. The first-order valence-corrected chi connectivity index (χ1v) is 8.78. The molecule has 4 aromatic rings. The molecule has 0 saturated carbocycles. The van der Waals surface area contributed by atoms with Crippen molar-refractivity contribution in [3.8, 4) is 0 Å². The fourth-order valence-electron chi connectivity index (χ4n) is 3.58. The molecule has 1 aliphatic rings. The molecule has 0 unspecified atom stereocenters. The number of carbonyl (C=O) groups excluding carboxylic acids is 2. The van der Waals surface area contributed by atoms with Gasteiger partial charge in [0.2, 0.25) is 5.91 Å². The summed E-state index contributed by atoms with van der Waals surface area (Å²) in [4.78, 5) is 39.1. The third-order valence-corrected chi connectivity index (χ3v) is 4.89. The predicted octanol–water partition coefficient (Wildman–Crippen LogP) is 3.55. The second-order valence-electron chi connectivity index (χ2n) is 6.60. The number of para-hydroxylation sites is 2. The largest absolute Gasteiger partial charge is 0.422 e. The third kappa shape index (κ3) is 2.46. The van der Waals surface area contributed by atoms with E-state index in [0.717, 1.165) is 10.8 Å². The lowest BCUT2D eigenvalue weighted by Crippen LogP contribution is -2.43. The number of nitrogens with zero attached hydrogens (tertiary/aromatic N) is 1. The van der Waals surface area contributed by atoms with Crippen LogP contribution in [0.4, 0.5) is 11.4 Å². The highest BCUT2D eigenvalue weighted by atomic mass is 16.4. The molecule has 136 valence electrons. The maximum absolute atomic E-state index is 13.2. The Hall–Kier alpha value is -3.93. The monoisotopic (exact) mass is 370 g/mol. The van der Waals surface area contributed by atoms with Crippen molar-refractivity contribution in [1.29, 1.82) is 0 Å². The first kappa shape index (κ1) is 16.3. The smallest absolute Gasteiger partial charge is 0.349 e. The van der Waals surface area contributed by atoms with Gasteiger partial charge in [-0.05, 0) is 35.0 Å². The highest BCUT2D eigenvalue weighted by Crippen LogP contribution is 2.31. The van der Waals surface area contributed by atoms with Crippen molar-refractivity contribution in [3.05, 3.63) is 82.7 Å². The number of rotatable bonds is 1. The molecule has 0 aliphatic carbocycles. The molecule has 1 aromatic heterocycles. The Labute approximate surface area is 159 Å². The standard InChI is InChI=1S/C22H14N2O4/c25-20-12-24(18-8-4-3-7-17(18)23-20)21(26)16-11-15-14-6-2-1-5-13(14)9-10-19(15)28-22(16)27/h1-11H,12H2,(H,23,25). The molecule has 5 rings (SSSR count). The van der Waals surface area contributed by atoms with Gasteiger partial charge < -0.3 is 9.73 Å². The van der Waals surface area contributed by atoms with Crippen LogP contribution in [-0.4, -0.2) is 18.4 Å². The molecule has 3 aromatic carbocycles. The van der Waals surface area contributed by atoms with Gasteiger partial charge in [-0.3, -0.25) is 14.5 Å². The lowest BCUT2D eigenvalue weighted by Gasteiger charge is -2.28. The van der Waals surface area contributed by atoms with E-state index < -0.39 is 11.5 Å². The number of fused-ring (bicyclic) bond motifs is 4. The van der Waals surface area contributed by atoms with Crippen molar-refractivity contribution in [2.75, 3.05) is 16.8 Å². The summed E-state index contributed by atoms with van der Waals surface area (Å²) in [6.45, 7) is -0.164. The van der Waals surface area contributed by atoms with Crippen molar-refractivity contribution in [2.45, 2.75) is 0 Å². The molecule has 0 radical (unpaired) electrons. The number of hydrogen-bond acceptors (Lipinski definition) is 4. The van der Waals surface area contributed by atoms with E-state index in [1.54, 1.807) is 36.4 Å². The highest BCUT2D eigenvalue weighted by Gasteiger charge is 2.29. The minimum atomic E-state index is -0.726. The summed E-state index contributed by atoms with van der Waals surface area (Å²) in [5, 5.41) is 5.27. The normalized spacial score (nSPS) is 13.4. The maximum Gasteiger partial charge on any atom is 0.349 e. The fraction of sp³-hybridized carbons (Fsp3) is 0.0455. The Bertz CT molecular complexity index is 1340. The summed E-state index contributed by atoms with van der Waals surface area (Å²) in [5.41, 5.74) is 0.661. The Morgan fingerprint density at radius 2 is 1.71 bits per heavy atom. The van der Waals surface area contributed by atoms with Crippen molar-refractivity contribution in [1.82, 2.24) is 0 Å². The zero-order chi connectivity index (χ0) is 19.3. The van der Waals surface area contributed by atoms with E-state index in [1.807, 2.05) is 30.3 Å². The number of nitrogens with one attached hydrogen (secondary N) is 1. The van der Waals surface area contributed by atoms with Crippen molar-refractivity contribution < 1.29 is 14.0 Å². The van der Waals surface area contributed by atoms with E-state index in [-0.39, 0.29) is 18.0 Å². The molecule has 0 fully saturated rings. The summed E-state index contributed by atoms with van der Waals surface area (Å²) in [6.07, 6.45) is 0. The lowest BCUT2D eigenvalue weighted by atomic mass is 10.0. The number of amides is 2. The van der Waals surface area contributed by atoms with Crippen LogP contribution in [0, 0.1) is 0 Å². The Morgan fingerprint density at radius 3 is 2.61 bits per heavy atom. The van der Waals surface area contributed by atoms with Gasteiger partial charge in [-0.25, -0.2) is 4.79 Å². The molecular weight excluding hydrogens is 356 g/mol. The second-order valence-corrected chi connectivity index (χ2v) is 6.60. The summed E-state index contributed by atoms with van der Waals surface area (Å²) in [6, 6.07) is 19.8. The molecule has 0 spiro atoms. The van der Waals surface area contributed by atoms with Gasteiger partial charge >= 0.3 is 5.63 Å². The molecular formula is C22H14N2O4. The minimum absolute atomic E-state index is 0.103. The van der Waals surface area contributed by atoms with Crippen molar-refractivity contribution in [3.63, 3.8) is 0 Å². The van der Waals surface area contributed by atoms with Crippen LogP contribution in [0.1, 0.15) is 10.4 Å². The third-order valence-electron chi connectivity index (χ3n) is 4.89. The Morgan fingerprint density at radius 1 is 0.929 bits per heavy atom. The van der Waals surface area contributed by atoms with Crippen LogP contribution in [0.3, 0.4) is 0 Å². The summed E-state index contributed by atoms with van der Waals surface area (Å²) in [5.74, 6) is -0.881. The number of carbonyl (C=O) groups is 2. The van der Waals surface area contributed by atoms with E-state index in [9.17, 15) is 14.4 Å². The molecule has 0 atom stereocenters. The molecule has 6 nitrogen and oxygen atoms in total. The lowest BCUT2D eigenvalue weighted by molar-refractivity contribution is -0.115. The zero-order valence-electron chi connectivity index (χ0n) is 14.6. The van der Waals surface area contributed by atoms with Crippen LogP contribution in [0.25, 0.3) is 21.7 Å². The topological polar surface area (TPSA) is 79.6 Å². The Balaban J connectivity index is 1.70. The fourth-order valence-corrected chi connectivity index (χ4v) is 3.58. The van der Waals surface area contributed by atoms with Crippen molar-refractivity contribution in [2.24, 2.45) is 0 Å². The SMILES string of the molecule is O=C1CN(C(=O)c2cc3c(ccc4ccccc43)oc2=O)c2ccccc2N1. The van der Waals surface area contributed by atoms with E-state index in [4.69, 9.17) is 4.42 Å². The van der Waals surface area contributed by atoms with Gasteiger partial charge in [0, 0.05) is 5.39 Å². The first-order chi connectivity index (χ1) is 13.6. The molecule has 2 amide bonds. The van der Waals surface area contributed by atoms with Crippen LogP contribution in [0.2, 0.25) is 0 Å². The second kappa shape index (κ2) is 6.06.